The van der Waals surface area contributed by atoms with Crippen LogP contribution < -0.4 is 5.32 Å². The molecular weight excluding hydrogens is 314 g/mol. The summed E-state index contributed by atoms with van der Waals surface area (Å²) in [5.41, 5.74) is 0.618. The van der Waals surface area contributed by atoms with Gasteiger partial charge in [0, 0.05) is 31.2 Å². The third-order valence-electron chi connectivity index (χ3n) is 3.50. The number of halogens is 2. The lowest BCUT2D eigenvalue weighted by Crippen LogP contribution is -2.35. The number of carbonyl (C=O) groups excluding carboxylic acids is 1. The molecule has 1 aromatic carbocycles. The zero-order chi connectivity index (χ0) is 16.3. The Morgan fingerprint density at radius 3 is 2.41 bits per heavy atom. The van der Waals surface area contributed by atoms with Crippen molar-refractivity contribution in [3.8, 4) is 0 Å². The summed E-state index contributed by atoms with van der Waals surface area (Å²) in [4.78, 5) is 12.9. The van der Waals surface area contributed by atoms with Crippen LogP contribution in [0.3, 0.4) is 0 Å². The van der Waals surface area contributed by atoms with Gasteiger partial charge in [-0.05, 0) is 37.6 Å². The van der Waals surface area contributed by atoms with Crippen molar-refractivity contribution in [2.24, 2.45) is 0 Å². The minimum atomic E-state index is -4.56. The first-order valence-corrected chi connectivity index (χ1v) is 8.52. The Balaban J connectivity index is 1.98. The van der Waals surface area contributed by atoms with Gasteiger partial charge in [0.25, 0.3) is 0 Å². The second-order valence-electron chi connectivity index (χ2n) is 5.32. The summed E-state index contributed by atoms with van der Waals surface area (Å²) in [6, 6.07) is 5.16. The minimum Gasteiger partial charge on any atom is -0.381 e. The maximum atomic E-state index is 12.4. The number of sulfone groups is 1. The van der Waals surface area contributed by atoms with Crippen LogP contribution in [0.15, 0.2) is 29.2 Å². The lowest BCUT2D eigenvalue weighted by atomic mass is 10.2. The molecule has 1 fully saturated rings. The van der Waals surface area contributed by atoms with Crippen molar-refractivity contribution in [1.82, 2.24) is 4.90 Å². The molecule has 1 aromatic rings. The molecule has 1 saturated heterocycles. The summed E-state index contributed by atoms with van der Waals surface area (Å²) in [7, 11) is -4.56. The number of amides is 1. The Morgan fingerprint density at radius 2 is 1.91 bits per heavy atom. The molecule has 8 heteroatoms. The molecule has 5 nitrogen and oxygen atoms in total. The van der Waals surface area contributed by atoms with Crippen LogP contribution in [0.2, 0.25) is 0 Å². The molecular formula is C14H18F2N2O3S. The molecule has 0 saturated carbocycles. The molecule has 0 radical (unpaired) electrons. The van der Waals surface area contributed by atoms with E-state index in [1.54, 1.807) is 4.90 Å². The first-order valence-electron chi connectivity index (χ1n) is 6.97. The number of hydrogen-bond donors (Lipinski definition) is 1. The number of alkyl halides is 2. The van der Waals surface area contributed by atoms with Gasteiger partial charge < -0.3 is 10.2 Å². The average Bonchev–Trinajstić information content (AvgIpc) is 2.84. The molecule has 0 spiro atoms. The van der Waals surface area contributed by atoms with Gasteiger partial charge in [0.2, 0.25) is 15.7 Å². The molecule has 1 unspecified atom stereocenters. The van der Waals surface area contributed by atoms with E-state index in [4.69, 9.17) is 0 Å². The van der Waals surface area contributed by atoms with E-state index < -0.39 is 20.5 Å². The monoisotopic (exact) mass is 332 g/mol. The van der Waals surface area contributed by atoms with Crippen LogP contribution in [-0.4, -0.2) is 44.1 Å². The fraction of sp³-hybridized carbons (Fsp3) is 0.500. The van der Waals surface area contributed by atoms with Crippen LogP contribution in [0, 0.1) is 0 Å². The van der Waals surface area contributed by atoms with Crippen molar-refractivity contribution >= 4 is 21.4 Å². The van der Waals surface area contributed by atoms with Gasteiger partial charge in [0.05, 0.1) is 4.90 Å². The Kier molecular flexibility index (Phi) is 5.00. The lowest BCUT2D eigenvalue weighted by molar-refractivity contribution is -0.127. The van der Waals surface area contributed by atoms with Gasteiger partial charge in [0.1, 0.15) is 0 Å². The number of nitrogens with one attached hydrogen (secondary N) is 1. The fourth-order valence-corrected chi connectivity index (χ4v) is 3.12. The summed E-state index contributed by atoms with van der Waals surface area (Å²) in [5, 5.41) is 3.12. The van der Waals surface area contributed by atoms with Crippen molar-refractivity contribution in [3.63, 3.8) is 0 Å². The largest absolute Gasteiger partial charge is 0.381 e. The predicted molar refractivity (Wildman–Crippen MR) is 78.5 cm³/mol. The Labute approximate surface area is 128 Å². The third-order valence-corrected chi connectivity index (χ3v) is 4.89. The molecule has 0 aliphatic carbocycles. The Bertz CT molecular complexity index is 632. The van der Waals surface area contributed by atoms with Crippen molar-refractivity contribution in [2.75, 3.05) is 18.4 Å². The van der Waals surface area contributed by atoms with Gasteiger partial charge >= 0.3 is 5.76 Å². The van der Waals surface area contributed by atoms with Crippen LogP contribution in [0.4, 0.5) is 14.5 Å². The van der Waals surface area contributed by atoms with Crippen LogP contribution >= 0.6 is 0 Å². The summed E-state index contributed by atoms with van der Waals surface area (Å²) < 4.78 is 47.5. The average molecular weight is 332 g/mol. The maximum Gasteiger partial charge on any atom is 0.341 e. The summed E-state index contributed by atoms with van der Waals surface area (Å²) in [5.74, 6) is -3.29. The third kappa shape index (κ3) is 3.73. The van der Waals surface area contributed by atoms with E-state index >= 15 is 0 Å². The molecule has 0 bridgehead atoms. The van der Waals surface area contributed by atoms with Gasteiger partial charge in [0.15, 0.2) is 0 Å². The van der Waals surface area contributed by atoms with Crippen molar-refractivity contribution < 1.29 is 22.0 Å². The SMILES string of the molecule is CC(CN1CCCC1=O)Nc1ccc(S(=O)(=O)C(F)F)cc1. The van der Waals surface area contributed by atoms with E-state index in [1.807, 2.05) is 6.92 Å². The quantitative estimate of drug-likeness (QED) is 0.866. The smallest absolute Gasteiger partial charge is 0.341 e. The summed E-state index contributed by atoms with van der Waals surface area (Å²) >= 11 is 0. The molecule has 1 atom stereocenters. The summed E-state index contributed by atoms with van der Waals surface area (Å²) in [6.07, 6.45) is 1.44. The standard InChI is InChI=1S/C14H18F2N2O3S/c1-10(9-18-8-2-3-13(18)19)17-11-4-6-12(7-5-11)22(20,21)14(15)16/h4-7,10,14,17H,2-3,8-9H2,1H3. The molecule has 122 valence electrons. The van der Waals surface area contributed by atoms with E-state index in [2.05, 4.69) is 5.32 Å². The molecule has 1 aliphatic rings. The normalized spacial score (nSPS) is 17.1. The van der Waals surface area contributed by atoms with E-state index in [0.717, 1.165) is 25.1 Å². The number of benzene rings is 1. The topological polar surface area (TPSA) is 66.5 Å². The van der Waals surface area contributed by atoms with Gasteiger partial charge in [-0.1, -0.05) is 0 Å². The Hall–Kier alpha value is -1.70. The number of likely N-dealkylation sites (tertiary alicyclic amines) is 1. The minimum absolute atomic E-state index is 0.0281. The van der Waals surface area contributed by atoms with Crippen LogP contribution in [0.25, 0.3) is 0 Å². The molecule has 1 heterocycles. The van der Waals surface area contributed by atoms with Gasteiger partial charge in [-0.15, -0.1) is 0 Å². The highest BCUT2D eigenvalue weighted by Gasteiger charge is 2.26. The second-order valence-corrected chi connectivity index (χ2v) is 7.24. The first kappa shape index (κ1) is 16.7. The number of nitrogens with zero attached hydrogens (tertiary/aromatic N) is 1. The number of carbonyl (C=O) groups is 1. The van der Waals surface area contributed by atoms with Crippen molar-refractivity contribution in [2.45, 2.75) is 36.5 Å². The zero-order valence-corrected chi connectivity index (χ0v) is 12.9. The number of anilines is 1. The van der Waals surface area contributed by atoms with Gasteiger partial charge in [-0.3, -0.25) is 4.79 Å². The highest BCUT2D eigenvalue weighted by molar-refractivity contribution is 7.91. The van der Waals surface area contributed by atoms with Gasteiger partial charge in [-0.25, -0.2) is 8.42 Å². The highest BCUT2D eigenvalue weighted by atomic mass is 32.2. The second kappa shape index (κ2) is 6.60. The van der Waals surface area contributed by atoms with Crippen molar-refractivity contribution in [1.29, 1.82) is 0 Å². The van der Waals surface area contributed by atoms with E-state index in [1.165, 1.54) is 12.1 Å². The molecule has 2 rings (SSSR count). The number of hydrogen-bond acceptors (Lipinski definition) is 4. The first-order chi connectivity index (χ1) is 10.3. The van der Waals surface area contributed by atoms with Gasteiger partial charge in [-0.2, -0.15) is 8.78 Å². The highest BCUT2D eigenvalue weighted by Crippen LogP contribution is 2.21. The lowest BCUT2D eigenvalue weighted by Gasteiger charge is -2.22. The number of rotatable bonds is 6. The van der Waals surface area contributed by atoms with Crippen molar-refractivity contribution in [3.05, 3.63) is 24.3 Å². The van der Waals surface area contributed by atoms with Crippen LogP contribution in [-0.2, 0) is 14.6 Å². The van der Waals surface area contributed by atoms with E-state index in [0.29, 0.717) is 18.7 Å². The van der Waals surface area contributed by atoms with Crippen LogP contribution in [0.1, 0.15) is 19.8 Å². The molecule has 1 amide bonds. The molecule has 22 heavy (non-hydrogen) atoms. The molecule has 1 aliphatic heterocycles. The maximum absolute atomic E-state index is 12.4. The molecule has 1 N–H and O–H groups in total. The molecule has 0 aromatic heterocycles. The fourth-order valence-electron chi connectivity index (χ4n) is 2.40. The van der Waals surface area contributed by atoms with Crippen LogP contribution in [0.5, 0.6) is 0 Å². The Morgan fingerprint density at radius 1 is 1.27 bits per heavy atom. The summed E-state index contributed by atoms with van der Waals surface area (Å²) in [6.45, 7) is 3.20. The van der Waals surface area contributed by atoms with E-state index in [-0.39, 0.29) is 11.9 Å². The zero-order valence-electron chi connectivity index (χ0n) is 12.1. The predicted octanol–water partition coefficient (Wildman–Crippen LogP) is 2.11. The van der Waals surface area contributed by atoms with E-state index in [9.17, 15) is 22.0 Å².